The first-order valence-electron chi connectivity index (χ1n) is 9.96. The summed E-state index contributed by atoms with van der Waals surface area (Å²) in [4.78, 5) is 19.6. The molecule has 2 aromatic carbocycles. The van der Waals surface area contributed by atoms with Gasteiger partial charge >= 0.3 is 6.18 Å². The highest BCUT2D eigenvalue weighted by molar-refractivity contribution is 6.06. The van der Waals surface area contributed by atoms with Gasteiger partial charge in [0.25, 0.3) is 5.91 Å². The Labute approximate surface area is 172 Å². The Morgan fingerprint density at radius 2 is 1.80 bits per heavy atom. The van der Waals surface area contributed by atoms with E-state index in [0.29, 0.717) is 5.52 Å². The molecule has 1 aromatic heterocycles. The third kappa shape index (κ3) is 4.25. The third-order valence-electron chi connectivity index (χ3n) is 5.32. The van der Waals surface area contributed by atoms with E-state index in [9.17, 15) is 18.0 Å². The predicted molar refractivity (Wildman–Crippen MR) is 112 cm³/mol. The summed E-state index contributed by atoms with van der Waals surface area (Å²) >= 11 is 0. The number of pyridine rings is 1. The fourth-order valence-corrected chi connectivity index (χ4v) is 3.80. The molecular weight excluding hydrogens is 391 g/mol. The van der Waals surface area contributed by atoms with Crippen LogP contribution in [0.3, 0.4) is 0 Å². The lowest BCUT2D eigenvalue weighted by Crippen LogP contribution is -2.30. The zero-order chi connectivity index (χ0) is 21.3. The van der Waals surface area contributed by atoms with Crippen molar-refractivity contribution in [3.63, 3.8) is 0 Å². The molecule has 0 unspecified atom stereocenters. The van der Waals surface area contributed by atoms with Gasteiger partial charge in [0, 0.05) is 29.9 Å². The maximum atomic E-state index is 13.0. The molecule has 1 N–H and O–H groups in total. The van der Waals surface area contributed by atoms with Crippen molar-refractivity contribution in [1.29, 1.82) is 0 Å². The van der Waals surface area contributed by atoms with Crippen LogP contribution in [-0.4, -0.2) is 24.0 Å². The van der Waals surface area contributed by atoms with Crippen LogP contribution in [0, 0.1) is 6.92 Å². The Bertz CT molecular complexity index is 1090. The van der Waals surface area contributed by atoms with Crippen molar-refractivity contribution in [2.24, 2.45) is 0 Å². The number of anilines is 2. The molecule has 30 heavy (non-hydrogen) atoms. The van der Waals surface area contributed by atoms with E-state index in [0.717, 1.165) is 54.7 Å². The molecule has 4 nitrogen and oxygen atoms in total. The molecule has 1 fully saturated rings. The molecule has 1 aliphatic rings. The van der Waals surface area contributed by atoms with Crippen LogP contribution in [0.1, 0.15) is 40.9 Å². The maximum absolute atomic E-state index is 13.0. The van der Waals surface area contributed by atoms with Crippen LogP contribution in [0.25, 0.3) is 10.9 Å². The molecule has 0 saturated carbocycles. The average molecular weight is 413 g/mol. The number of piperidine rings is 1. The van der Waals surface area contributed by atoms with Crippen LogP contribution in [0.2, 0.25) is 0 Å². The number of aromatic nitrogens is 1. The Hall–Kier alpha value is -3.09. The number of alkyl halides is 3. The number of nitrogens with zero attached hydrogens (tertiary/aromatic N) is 2. The minimum atomic E-state index is -4.47. The van der Waals surface area contributed by atoms with E-state index in [1.54, 1.807) is 6.07 Å². The highest BCUT2D eigenvalue weighted by Gasteiger charge is 2.30. The van der Waals surface area contributed by atoms with Gasteiger partial charge in [0.1, 0.15) is 5.69 Å². The molecule has 1 aliphatic heterocycles. The van der Waals surface area contributed by atoms with E-state index in [4.69, 9.17) is 0 Å². The number of amides is 1. The van der Waals surface area contributed by atoms with Gasteiger partial charge in [-0.25, -0.2) is 4.98 Å². The SMILES string of the molecule is Cc1ccc2nc(C(=O)Nc3cccc(C(F)(F)F)c3)cc(N3CCCCC3)c2c1. The van der Waals surface area contributed by atoms with E-state index in [1.807, 2.05) is 19.1 Å². The smallest absolute Gasteiger partial charge is 0.371 e. The number of benzene rings is 2. The van der Waals surface area contributed by atoms with Crippen LogP contribution in [-0.2, 0) is 6.18 Å². The molecule has 1 amide bonds. The lowest BCUT2D eigenvalue weighted by Gasteiger charge is -2.30. The normalized spacial score (nSPS) is 14.7. The first-order valence-corrected chi connectivity index (χ1v) is 9.96. The fraction of sp³-hybridized carbons (Fsp3) is 0.304. The van der Waals surface area contributed by atoms with Crippen LogP contribution in [0.15, 0.2) is 48.5 Å². The summed E-state index contributed by atoms with van der Waals surface area (Å²) in [6.07, 6.45) is -1.12. The van der Waals surface area contributed by atoms with E-state index in [-0.39, 0.29) is 11.4 Å². The van der Waals surface area contributed by atoms with Crippen LogP contribution in [0.5, 0.6) is 0 Å². The largest absolute Gasteiger partial charge is 0.416 e. The molecule has 0 bridgehead atoms. The number of carbonyl (C=O) groups excluding carboxylic acids is 1. The molecule has 4 rings (SSSR count). The van der Waals surface area contributed by atoms with Gasteiger partial charge in [-0.1, -0.05) is 17.7 Å². The number of rotatable bonds is 3. The predicted octanol–water partition coefficient (Wildman–Crippen LogP) is 5.80. The number of nitrogens with one attached hydrogen (secondary N) is 1. The number of halogens is 3. The Kier molecular flexibility index (Phi) is 5.37. The number of fused-ring (bicyclic) bond motifs is 1. The third-order valence-corrected chi connectivity index (χ3v) is 5.32. The zero-order valence-corrected chi connectivity index (χ0v) is 16.6. The molecule has 0 aliphatic carbocycles. The summed E-state index contributed by atoms with van der Waals surface area (Å²) < 4.78 is 38.9. The van der Waals surface area contributed by atoms with Gasteiger partial charge in [0.2, 0.25) is 0 Å². The van der Waals surface area contributed by atoms with Gasteiger partial charge in [-0.15, -0.1) is 0 Å². The topological polar surface area (TPSA) is 45.2 Å². The average Bonchev–Trinajstić information content (AvgIpc) is 2.73. The van der Waals surface area contributed by atoms with Gasteiger partial charge in [0.15, 0.2) is 0 Å². The Morgan fingerprint density at radius 3 is 2.53 bits per heavy atom. The fourth-order valence-electron chi connectivity index (χ4n) is 3.80. The van der Waals surface area contributed by atoms with Gasteiger partial charge in [-0.2, -0.15) is 13.2 Å². The second-order valence-electron chi connectivity index (χ2n) is 7.63. The summed E-state index contributed by atoms with van der Waals surface area (Å²) in [5.74, 6) is -0.532. The summed E-state index contributed by atoms with van der Waals surface area (Å²) in [6, 6.07) is 12.2. The van der Waals surface area contributed by atoms with Gasteiger partial charge in [-0.05, 0) is 62.6 Å². The molecule has 0 spiro atoms. The molecule has 0 radical (unpaired) electrons. The molecule has 2 heterocycles. The highest BCUT2D eigenvalue weighted by Crippen LogP contribution is 2.32. The molecule has 3 aromatic rings. The lowest BCUT2D eigenvalue weighted by molar-refractivity contribution is -0.137. The Balaban J connectivity index is 1.70. The summed E-state index contributed by atoms with van der Waals surface area (Å²) in [6.45, 7) is 3.82. The van der Waals surface area contributed by atoms with Crippen molar-refractivity contribution >= 4 is 28.2 Å². The number of aryl methyl sites for hydroxylation is 1. The van der Waals surface area contributed by atoms with Gasteiger partial charge < -0.3 is 10.2 Å². The second-order valence-corrected chi connectivity index (χ2v) is 7.63. The van der Waals surface area contributed by atoms with Crippen LogP contribution >= 0.6 is 0 Å². The monoisotopic (exact) mass is 413 g/mol. The van der Waals surface area contributed by atoms with Gasteiger partial charge in [-0.3, -0.25) is 4.79 Å². The van der Waals surface area contributed by atoms with E-state index >= 15 is 0 Å². The van der Waals surface area contributed by atoms with E-state index < -0.39 is 17.6 Å². The van der Waals surface area contributed by atoms with Gasteiger partial charge in [0.05, 0.1) is 11.1 Å². The van der Waals surface area contributed by atoms with E-state index in [1.165, 1.54) is 18.6 Å². The molecule has 156 valence electrons. The van der Waals surface area contributed by atoms with Crippen molar-refractivity contribution < 1.29 is 18.0 Å². The minimum Gasteiger partial charge on any atom is -0.371 e. The quantitative estimate of drug-likeness (QED) is 0.590. The number of hydrogen-bond donors (Lipinski definition) is 1. The van der Waals surface area contributed by atoms with Crippen molar-refractivity contribution in [3.05, 3.63) is 65.4 Å². The second kappa shape index (κ2) is 7.97. The number of hydrogen-bond acceptors (Lipinski definition) is 3. The first-order chi connectivity index (χ1) is 14.3. The molecular formula is C23H22F3N3O. The van der Waals surface area contributed by atoms with E-state index in [2.05, 4.69) is 21.3 Å². The first kappa shape index (κ1) is 20.2. The molecule has 7 heteroatoms. The van der Waals surface area contributed by atoms with Crippen molar-refractivity contribution in [1.82, 2.24) is 4.98 Å². The number of carbonyl (C=O) groups is 1. The summed E-state index contributed by atoms with van der Waals surface area (Å²) in [5.41, 5.74) is 2.19. The molecule has 0 atom stereocenters. The van der Waals surface area contributed by atoms with Crippen LogP contribution in [0.4, 0.5) is 24.5 Å². The summed E-state index contributed by atoms with van der Waals surface area (Å²) in [5, 5.41) is 3.54. The maximum Gasteiger partial charge on any atom is 0.416 e. The van der Waals surface area contributed by atoms with Crippen molar-refractivity contribution in [2.75, 3.05) is 23.3 Å². The highest BCUT2D eigenvalue weighted by atomic mass is 19.4. The minimum absolute atomic E-state index is 0.0835. The van der Waals surface area contributed by atoms with Crippen molar-refractivity contribution in [3.8, 4) is 0 Å². The zero-order valence-electron chi connectivity index (χ0n) is 16.6. The lowest BCUT2D eigenvalue weighted by atomic mass is 10.1. The molecule has 1 saturated heterocycles. The Morgan fingerprint density at radius 1 is 1.03 bits per heavy atom. The summed E-state index contributed by atoms with van der Waals surface area (Å²) in [7, 11) is 0. The van der Waals surface area contributed by atoms with Crippen molar-refractivity contribution in [2.45, 2.75) is 32.4 Å². The standard InChI is InChI=1S/C23H22F3N3O/c1-15-8-9-19-18(12-15)21(29-10-3-2-4-11-29)14-20(28-19)22(30)27-17-7-5-6-16(13-17)23(24,25)26/h5-9,12-14H,2-4,10-11H2,1H3,(H,27,30). The van der Waals surface area contributed by atoms with Crippen LogP contribution < -0.4 is 10.2 Å².